The molecule has 0 bridgehead atoms. The normalized spacial score (nSPS) is 17.8. The highest BCUT2D eigenvalue weighted by molar-refractivity contribution is 5.91. The Labute approximate surface area is 267 Å². The van der Waals surface area contributed by atoms with E-state index in [9.17, 15) is 22.8 Å². The number of hydrogen-bond donors (Lipinski definition) is 0. The minimum Gasteiger partial charge on any atom is -0.490 e. The van der Waals surface area contributed by atoms with Gasteiger partial charge in [-0.2, -0.15) is 4.39 Å². The molecule has 2 aromatic carbocycles. The molecule has 2 aromatic rings. The van der Waals surface area contributed by atoms with E-state index in [1.54, 1.807) is 19.1 Å². The molecule has 1 aliphatic carbocycles. The van der Waals surface area contributed by atoms with Gasteiger partial charge in [0.1, 0.15) is 11.9 Å². The Hall–Kier alpha value is -3.03. The fourth-order valence-electron chi connectivity index (χ4n) is 5.73. The Balaban J connectivity index is 1.40. The molecule has 3 rings (SSSR count). The van der Waals surface area contributed by atoms with Gasteiger partial charge in [0.05, 0.1) is 12.2 Å². The maximum atomic E-state index is 14.8. The quantitative estimate of drug-likeness (QED) is 0.0876. The van der Waals surface area contributed by atoms with Gasteiger partial charge in [-0.15, -0.1) is 0 Å². The number of halogens is 3. The van der Waals surface area contributed by atoms with Crippen LogP contribution in [-0.2, 0) is 9.53 Å². The first kappa shape index (κ1) is 36.4. The smallest absolute Gasteiger partial charge is 0.346 e. The Morgan fingerprint density at radius 1 is 0.800 bits per heavy atom. The van der Waals surface area contributed by atoms with Crippen molar-refractivity contribution in [2.75, 3.05) is 6.61 Å². The second-order valence-corrected chi connectivity index (χ2v) is 12.4. The molecule has 1 aliphatic rings. The van der Waals surface area contributed by atoms with E-state index in [-0.39, 0.29) is 36.0 Å². The zero-order valence-electron chi connectivity index (χ0n) is 27.3. The number of esters is 2. The third-order valence-corrected chi connectivity index (χ3v) is 8.91. The van der Waals surface area contributed by atoms with E-state index in [0.717, 1.165) is 37.7 Å². The summed E-state index contributed by atoms with van der Waals surface area (Å²) in [5.74, 6) is -4.41. The number of hydrogen-bond acceptors (Lipinski definition) is 5. The molecule has 5 nitrogen and oxygen atoms in total. The fourth-order valence-corrected chi connectivity index (χ4v) is 5.73. The van der Waals surface area contributed by atoms with Crippen molar-refractivity contribution in [3.8, 4) is 11.5 Å². The van der Waals surface area contributed by atoms with E-state index in [1.807, 2.05) is 19.1 Å². The molecular formula is C37H51F3O5. The summed E-state index contributed by atoms with van der Waals surface area (Å²) in [7, 11) is 0. The van der Waals surface area contributed by atoms with Crippen molar-refractivity contribution in [1.82, 2.24) is 0 Å². The number of rotatable bonds is 19. The fraction of sp³-hybridized carbons (Fsp3) is 0.622. The first-order chi connectivity index (χ1) is 21.7. The topological polar surface area (TPSA) is 61.8 Å². The molecule has 0 unspecified atom stereocenters. The number of unbranched alkanes of at least 4 members (excludes halogenated alkanes) is 9. The highest BCUT2D eigenvalue weighted by atomic mass is 19.2. The van der Waals surface area contributed by atoms with Crippen LogP contribution in [0.25, 0.3) is 0 Å². The van der Waals surface area contributed by atoms with E-state index in [2.05, 4.69) is 6.92 Å². The lowest BCUT2D eigenvalue weighted by Crippen LogP contribution is -2.31. The largest absolute Gasteiger partial charge is 0.490 e. The van der Waals surface area contributed by atoms with Gasteiger partial charge in [-0.3, -0.25) is 0 Å². The summed E-state index contributed by atoms with van der Waals surface area (Å²) in [6.07, 6.45) is 13.2. The number of benzene rings is 2. The van der Waals surface area contributed by atoms with Crippen molar-refractivity contribution in [3.63, 3.8) is 0 Å². The second kappa shape index (κ2) is 19.5. The van der Waals surface area contributed by atoms with E-state index in [0.29, 0.717) is 19.3 Å². The molecule has 0 saturated heterocycles. The molecule has 0 aliphatic heterocycles. The van der Waals surface area contributed by atoms with Gasteiger partial charge in [0.15, 0.2) is 17.7 Å². The second-order valence-electron chi connectivity index (χ2n) is 12.4. The predicted molar refractivity (Wildman–Crippen MR) is 171 cm³/mol. The van der Waals surface area contributed by atoms with Crippen LogP contribution in [0.2, 0.25) is 0 Å². The number of alkyl halides is 1. The highest BCUT2D eigenvalue weighted by Crippen LogP contribution is 2.35. The summed E-state index contributed by atoms with van der Waals surface area (Å²) in [6, 6.07) is 9.36. The van der Waals surface area contributed by atoms with Gasteiger partial charge >= 0.3 is 11.9 Å². The van der Waals surface area contributed by atoms with Gasteiger partial charge in [0.25, 0.3) is 0 Å². The minimum atomic E-state index is -1.60. The van der Waals surface area contributed by atoms with Crippen LogP contribution in [0.1, 0.15) is 139 Å². The summed E-state index contributed by atoms with van der Waals surface area (Å²) >= 11 is 0. The van der Waals surface area contributed by atoms with Crippen LogP contribution in [0.3, 0.4) is 0 Å². The van der Waals surface area contributed by atoms with Crippen LogP contribution in [-0.4, -0.2) is 30.8 Å². The number of carbonyl (C=O) groups is 2. The van der Waals surface area contributed by atoms with Crippen molar-refractivity contribution in [3.05, 3.63) is 59.2 Å². The Bertz CT molecular complexity index is 1180. The van der Waals surface area contributed by atoms with Crippen molar-refractivity contribution >= 4 is 11.9 Å². The monoisotopic (exact) mass is 632 g/mol. The average Bonchev–Trinajstić information content (AvgIpc) is 3.05. The predicted octanol–water partition coefficient (Wildman–Crippen LogP) is 10.4. The van der Waals surface area contributed by atoms with Gasteiger partial charge in [-0.05, 0) is 73.8 Å². The standard InChI is InChI=1S/C37H51F3O5/c1-4-6-7-8-9-10-11-12-13-14-25-43-32-24-23-31(34(39)35(32)40)36(41)44-29-19-15-27(16-20-29)28-17-21-30(22-18-28)45-37(42)33(38)26(3)5-2/h15-16,19-20,23-24,26,28,30,33H,4-14,17-18,21-22,25H2,1-3H3/t26-,28-,30-,33-/m0/s1. The molecule has 1 fully saturated rings. The molecular weight excluding hydrogens is 581 g/mol. The SMILES string of the molecule is CCCCCCCCCCCCOc1ccc(C(=O)Oc2ccc([C@H]3CC[C@H](OC(=O)[C@@H](F)[C@@H](C)CC)CC3)cc2)c(F)c1F. The number of ether oxygens (including phenoxy) is 3. The molecule has 0 amide bonds. The molecule has 0 radical (unpaired) electrons. The zero-order valence-corrected chi connectivity index (χ0v) is 27.3. The molecule has 1 saturated carbocycles. The van der Waals surface area contributed by atoms with E-state index >= 15 is 0 Å². The van der Waals surface area contributed by atoms with Crippen LogP contribution < -0.4 is 9.47 Å². The van der Waals surface area contributed by atoms with Crippen molar-refractivity contribution in [2.24, 2.45) is 5.92 Å². The molecule has 0 spiro atoms. The lowest BCUT2D eigenvalue weighted by Gasteiger charge is -2.29. The van der Waals surface area contributed by atoms with E-state index < -0.39 is 35.3 Å². The van der Waals surface area contributed by atoms with Gasteiger partial charge in [-0.1, -0.05) is 97.1 Å². The Morgan fingerprint density at radius 2 is 1.40 bits per heavy atom. The highest BCUT2D eigenvalue weighted by Gasteiger charge is 2.30. The van der Waals surface area contributed by atoms with Crippen LogP contribution in [0.5, 0.6) is 11.5 Å². The molecule has 0 aromatic heterocycles. The van der Waals surface area contributed by atoms with Crippen LogP contribution >= 0.6 is 0 Å². The summed E-state index contributed by atoms with van der Waals surface area (Å²) in [6.45, 7) is 6.04. The first-order valence-electron chi connectivity index (χ1n) is 17.0. The minimum absolute atomic E-state index is 0.214. The van der Waals surface area contributed by atoms with Gasteiger partial charge < -0.3 is 14.2 Å². The van der Waals surface area contributed by atoms with Crippen molar-refractivity contribution in [1.29, 1.82) is 0 Å². The summed E-state index contributed by atoms with van der Waals surface area (Å²) in [4.78, 5) is 24.7. The molecule has 2 atom stereocenters. The van der Waals surface area contributed by atoms with E-state index in [4.69, 9.17) is 14.2 Å². The molecule has 0 heterocycles. The molecule has 8 heteroatoms. The zero-order chi connectivity index (χ0) is 32.6. The number of carbonyl (C=O) groups excluding carboxylic acids is 2. The van der Waals surface area contributed by atoms with Crippen LogP contribution in [0.4, 0.5) is 13.2 Å². The van der Waals surface area contributed by atoms with E-state index in [1.165, 1.54) is 57.1 Å². The Kier molecular flexibility index (Phi) is 15.8. The third kappa shape index (κ3) is 11.7. The van der Waals surface area contributed by atoms with Gasteiger partial charge in [0.2, 0.25) is 5.82 Å². The lowest BCUT2D eigenvalue weighted by atomic mass is 9.82. The van der Waals surface area contributed by atoms with Gasteiger partial charge in [0, 0.05) is 0 Å². The molecule has 45 heavy (non-hydrogen) atoms. The summed E-state index contributed by atoms with van der Waals surface area (Å²) in [5.41, 5.74) is 0.531. The lowest BCUT2D eigenvalue weighted by molar-refractivity contribution is -0.158. The first-order valence-corrected chi connectivity index (χ1v) is 17.0. The maximum Gasteiger partial charge on any atom is 0.346 e. The van der Waals surface area contributed by atoms with Crippen molar-refractivity contribution < 1.29 is 37.0 Å². The Morgan fingerprint density at radius 3 is 2.00 bits per heavy atom. The van der Waals surface area contributed by atoms with Crippen LogP contribution in [0.15, 0.2) is 36.4 Å². The van der Waals surface area contributed by atoms with Gasteiger partial charge in [-0.25, -0.2) is 18.4 Å². The van der Waals surface area contributed by atoms with Crippen molar-refractivity contribution in [2.45, 2.75) is 135 Å². The third-order valence-electron chi connectivity index (χ3n) is 8.91. The summed E-state index contributed by atoms with van der Waals surface area (Å²) in [5, 5.41) is 0. The molecule has 0 N–H and O–H groups in total. The maximum absolute atomic E-state index is 14.8. The average molecular weight is 633 g/mol. The van der Waals surface area contributed by atoms with Crippen LogP contribution in [0, 0.1) is 17.6 Å². The summed E-state index contributed by atoms with van der Waals surface area (Å²) < 4.78 is 59.8. The molecule has 250 valence electrons.